The van der Waals surface area contributed by atoms with Crippen LogP contribution in [0.4, 0.5) is 13.2 Å². The molecule has 16 heavy (non-hydrogen) atoms. The molecule has 1 rings (SSSR count). The zero-order chi connectivity index (χ0) is 12.2. The lowest BCUT2D eigenvalue weighted by molar-refractivity contribution is -0.227. The normalized spacial score (nSPS) is 30.6. The highest BCUT2D eigenvalue weighted by atomic mass is 127. The SMILES string of the molecule is CC(OC1CCCCCCC1I)C(F)(F)F. The van der Waals surface area contributed by atoms with Crippen LogP contribution in [-0.2, 0) is 4.74 Å². The van der Waals surface area contributed by atoms with Gasteiger partial charge in [-0.25, -0.2) is 0 Å². The number of rotatable bonds is 2. The van der Waals surface area contributed by atoms with Gasteiger partial charge >= 0.3 is 6.18 Å². The zero-order valence-corrected chi connectivity index (χ0v) is 11.6. The Morgan fingerprint density at radius 1 is 1.12 bits per heavy atom. The predicted molar refractivity (Wildman–Crippen MR) is 65.9 cm³/mol. The van der Waals surface area contributed by atoms with Crippen LogP contribution in [0.3, 0.4) is 0 Å². The predicted octanol–water partition coefficient (Wildman–Crippen LogP) is 4.48. The van der Waals surface area contributed by atoms with Gasteiger partial charge in [0, 0.05) is 3.92 Å². The van der Waals surface area contributed by atoms with Gasteiger partial charge in [-0.1, -0.05) is 48.3 Å². The van der Waals surface area contributed by atoms with E-state index in [1.807, 2.05) is 0 Å². The van der Waals surface area contributed by atoms with Crippen molar-refractivity contribution in [2.75, 3.05) is 0 Å². The molecular weight excluding hydrogens is 332 g/mol. The van der Waals surface area contributed by atoms with Crippen molar-refractivity contribution in [1.29, 1.82) is 0 Å². The molecule has 0 aromatic carbocycles. The molecule has 1 aliphatic rings. The molecule has 0 saturated heterocycles. The fourth-order valence-electron chi connectivity index (χ4n) is 1.90. The second kappa shape index (κ2) is 6.42. The fraction of sp³-hybridized carbons (Fsp3) is 1.00. The number of hydrogen-bond donors (Lipinski definition) is 0. The van der Waals surface area contributed by atoms with E-state index in [0.717, 1.165) is 39.0 Å². The van der Waals surface area contributed by atoms with Gasteiger partial charge in [0.1, 0.15) is 0 Å². The molecule has 1 saturated carbocycles. The van der Waals surface area contributed by atoms with E-state index < -0.39 is 12.3 Å². The van der Waals surface area contributed by atoms with Gasteiger partial charge < -0.3 is 4.74 Å². The van der Waals surface area contributed by atoms with Crippen LogP contribution >= 0.6 is 22.6 Å². The van der Waals surface area contributed by atoms with E-state index in [2.05, 4.69) is 22.6 Å². The largest absolute Gasteiger partial charge is 0.414 e. The molecule has 1 aliphatic carbocycles. The Labute approximate surface area is 108 Å². The fourth-order valence-corrected chi connectivity index (χ4v) is 2.87. The highest BCUT2D eigenvalue weighted by Crippen LogP contribution is 2.30. The monoisotopic (exact) mass is 350 g/mol. The maximum absolute atomic E-state index is 12.4. The Kier molecular flexibility index (Phi) is 5.84. The molecule has 0 aromatic heterocycles. The summed E-state index contributed by atoms with van der Waals surface area (Å²) in [7, 11) is 0. The van der Waals surface area contributed by atoms with Gasteiger partial charge in [0.2, 0.25) is 0 Å². The lowest BCUT2D eigenvalue weighted by Gasteiger charge is -2.29. The maximum Gasteiger partial charge on any atom is 0.414 e. The van der Waals surface area contributed by atoms with Gasteiger partial charge in [0.05, 0.1) is 6.10 Å². The standard InChI is InChI=1S/C11H18F3IO/c1-8(11(12,13)14)16-10-7-5-3-2-4-6-9(10)15/h8-10H,2-7H2,1H3. The Morgan fingerprint density at radius 3 is 2.25 bits per heavy atom. The van der Waals surface area contributed by atoms with E-state index in [-0.39, 0.29) is 10.0 Å². The Bertz CT molecular complexity index is 208. The van der Waals surface area contributed by atoms with Crippen LogP contribution in [0.15, 0.2) is 0 Å². The van der Waals surface area contributed by atoms with Crippen molar-refractivity contribution < 1.29 is 17.9 Å². The van der Waals surface area contributed by atoms with Crippen molar-refractivity contribution in [1.82, 2.24) is 0 Å². The summed E-state index contributed by atoms with van der Waals surface area (Å²) in [6.07, 6.45) is 0.00209. The summed E-state index contributed by atoms with van der Waals surface area (Å²) in [6.45, 7) is 1.10. The highest BCUT2D eigenvalue weighted by Gasteiger charge is 2.39. The van der Waals surface area contributed by atoms with E-state index in [1.165, 1.54) is 6.42 Å². The van der Waals surface area contributed by atoms with Crippen LogP contribution in [-0.4, -0.2) is 22.3 Å². The van der Waals surface area contributed by atoms with Crippen molar-refractivity contribution in [3.8, 4) is 0 Å². The molecule has 0 aliphatic heterocycles. The first-order valence-electron chi connectivity index (χ1n) is 5.77. The topological polar surface area (TPSA) is 9.23 Å². The van der Waals surface area contributed by atoms with E-state index in [9.17, 15) is 13.2 Å². The number of ether oxygens (including phenoxy) is 1. The van der Waals surface area contributed by atoms with Crippen LogP contribution in [0.25, 0.3) is 0 Å². The molecule has 0 bridgehead atoms. The zero-order valence-electron chi connectivity index (χ0n) is 9.39. The molecule has 96 valence electrons. The third-order valence-electron chi connectivity index (χ3n) is 2.96. The van der Waals surface area contributed by atoms with E-state index >= 15 is 0 Å². The lowest BCUT2D eigenvalue weighted by Crippen LogP contribution is -2.36. The van der Waals surface area contributed by atoms with E-state index in [0.29, 0.717) is 0 Å². The van der Waals surface area contributed by atoms with Crippen LogP contribution in [0, 0.1) is 0 Å². The summed E-state index contributed by atoms with van der Waals surface area (Å²) in [6, 6.07) is 0. The molecule has 0 amide bonds. The minimum Gasteiger partial charge on any atom is -0.365 e. The second-order valence-electron chi connectivity index (χ2n) is 4.37. The third kappa shape index (κ3) is 4.77. The summed E-state index contributed by atoms with van der Waals surface area (Å²) in [5, 5.41) is 0. The van der Waals surface area contributed by atoms with Gasteiger partial charge in [0.25, 0.3) is 0 Å². The average molecular weight is 350 g/mol. The molecule has 0 heterocycles. The molecule has 5 heteroatoms. The summed E-state index contributed by atoms with van der Waals surface area (Å²) in [4.78, 5) is 0. The number of halogens is 4. The van der Waals surface area contributed by atoms with Gasteiger partial charge in [0.15, 0.2) is 6.10 Å². The van der Waals surface area contributed by atoms with Crippen LogP contribution < -0.4 is 0 Å². The molecule has 3 unspecified atom stereocenters. The first-order chi connectivity index (χ1) is 7.41. The quantitative estimate of drug-likeness (QED) is 0.527. The Hall–Kier alpha value is 0.480. The molecule has 0 N–H and O–H groups in total. The second-order valence-corrected chi connectivity index (χ2v) is 5.97. The van der Waals surface area contributed by atoms with Crippen molar-refractivity contribution in [2.24, 2.45) is 0 Å². The smallest absolute Gasteiger partial charge is 0.365 e. The molecule has 0 aromatic rings. The van der Waals surface area contributed by atoms with Gasteiger partial charge in [-0.2, -0.15) is 13.2 Å². The first-order valence-corrected chi connectivity index (χ1v) is 7.02. The Morgan fingerprint density at radius 2 is 1.69 bits per heavy atom. The lowest BCUT2D eigenvalue weighted by atomic mass is 9.98. The molecule has 0 spiro atoms. The number of alkyl halides is 4. The molecule has 0 radical (unpaired) electrons. The minimum atomic E-state index is -4.24. The summed E-state index contributed by atoms with van der Waals surface area (Å²) in [5.74, 6) is 0. The summed E-state index contributed by atoms with van der Waals surface area (Å²) in [5.41, 5.74) is 0. The van der Waals surface area contributed by atoms with E-state index in [4.69, 9.17) is 4.74 Å². The van der Waals surface area contributed by atoms with Gasteiger partial charge in [-0.3, -0.25) is 0 Å². The van der Waals surface area contributed by atoms with Crippen LogP contribution in [0.2, 0.25) is 0 Å². The summed E-state index contributed by atoms with van der Waals surface area (Å²) < 4.78 is 42.5. The maximum atomic E-state index is 12.4. The molecular formula is C11H18F3IO. The number of hydrogen-bond acceptors (Lipinski definition) is 1. The van der Waals surface area contributed by atoms with Crippen molar-refractivity contribution in [3.63, 3.8) is 0 Å². The van der Waals surface area contributed by atoms with Crippen LogP contribution in [0.1, 0.15) is 45.4 Å². The highest BCUT2D eigenvalue weighted by molar-refractivity contribution is 14.1. The Balaban J connectivity index is 2.48. The molecule has 3 atom stereocenters. The first kappa shape index (κ1) is 14.5. The van der Waals surface area contributed by atoms with Crippen molar-refractivity contribution >= 4 is 22.6 Å². The van der Waals surface area contributed by atoms with E-state index in [1.54, 1.807) is 0 Å². The minimum absolute atomic E-state index is 0.211. The summed E-state index contributed by atoms with van der Waals surface area (Å²) >= 11 is 2.23. The van der Waals surface area contributed by atoms with Crippen molar-refractivity contribution in [3.05, 3.63) is 0 Å². The van der Waals surface area contributed by atoms with Gasteiger partial charge in [-0.05, 0) is 19.8 Å². The molecule has 1 nitrogen and oxygen atoms in total. The third-order valence-corrected chi connectivity index (χ3v) is 4.39. The molecule has 1 fully saturated rings. The van der Waals surface area contributed by atoms with Gasteiger partial charge in [-0.15, -0.1) is 0 Å². The average Bonchev–Trinajstić information content (AvgIpc) is 2.16. The van der Waals surface area contributed by atoms with Crippen molar-refractivity contribution in [2.45, 2.75) is 67.8 Å². The van der Waals surface area contributed by atoms with Crippen LogP contribution in [0.5, 0.6) is 0 Å².